The van der Waals surface area contributed by atoms with Crippen LogP contribution in [0.1, 0.15) is 124 Å². The maximum atomic E-state index is 5.22. The SMILES string of the molecule is CCC1=Cc2cc3nc(cc4c(CC)c(CC)c(c(CC)c5[nH]c(c(CC)c1n2)c(CC)c5CC)n4CC)C=C3.Cc1ccccc1.[Pd]. The van der Waals surface area contributed by atoms with Gasteiger partial charge in [0.25, 0.3) is 0 Å². The molecule has 5 heteroatoms. The van der Waals surface area contributed by atoms with Gasteiger partial charge in [0, 0.05) is 54.6 Å². The van der Waals surface area contributed by atoms with Gasteiger partial charge in [-0.05, 0) is 123 Å². The minimum Gasteiger partial charge on any atom is -0.354 e. The minimum atomic E-state index is 0. The van der Waals surface area contributed by atoms with Crippen molar-refractivity contribution in [3.63, 3.8) is 0 Å². The molecule has 0 spiro atoms. The minimum absolute atomic E-state index is 0. The van der Waals surface area contributed by atoms with Gasteiger partial charge in [0.1, 0.15) is 0 Å². The molecular weight excluding hydrogens is 679 g/mol. The van der Waals surface area contributed by atoms with Gasteiger partial charge in [-0.3, -0.25) is 0 Å². The van der Waals surface area contributed by atoms with Crippen molar-refractivity contribution < 1.29 is 20.4 Å². The van der Waals surface area contributed by atoms with Crippen LogP contribution in [0.3, 0.4) is 0 Å². The summed E-state index contributed by atoms with van der Waals surface area (Å²) in [6.07, 6.45) is 13.5. The molecule has 4 nitrogen and oxygen atoms in total. The summed E-state index contributed by atoms with van der Waals surface area (Å²) in [7, 11) is 0. The third kappa shape index (κ3) is 7.10. The van der Waals surface area contributed by atoms with Gasteiger partial charge >= 0.3 is 0 Å². The summed E-state index contributed by atoms with van der Waals surface area (Å²) in [5.41, 5.74) is 20.7. The molecular formula is C43H54N4Pd. The zero-order valence-corrected chi connectivity index (χ0v) is 32.1. The number of allylic oxidation sites excluding steroid dienone is 1. The van der Waals surface area contributed by atoms with Crippen LogP contribution in [0.25, 0.3) is 45.9 Å². The van der Waals surface area contributed by atoms with Crippen LogP contribution < -0.4 is 0 Å². The molecule has 256 valence electrons. The molecule has 5 heterocycles. The second-order valence-corrected chi connectivity index (χ2v) is 12.5. The summed E-state index contributed by atoms with van der Waals surface area (Å²) in [5.74, 6) is 0. The van der Waals surface area contributed by atoms with Crippen LogP contribution in [0.4, 0.5) is 0 Å². The molecule has 2 aliphatic heterocycles. The molecule has 0 fully saturated rings. The Morgan fingerprint density at radius 1 is 0.583 bits per heavy atom. The van der Waals surface area contributed by atoms with Gasteiger partial charge in [0.2, 0.25) is 0 Å². The predicted octanol–water partition coefficient (Wildman–Crippen LogP) is 11.3. The summed E-state index contributed by atoms with van der Waals surface area (Å²) in [4.78, 5) is 14.3. The van der Waals surface area contributed by atoms with Crippen molar-refractivity contribution in [2.24, 2.45) is 0 Å². The number of aromatic nitrogens is 4. The van der Waals surface area contributed by atoms with E-state index in [0.29, 0.717) is 0 Å². The monoisotopic (exact) mass is 732 g/mol. The number of benzene rings is 1. The second kappa shape index (κ2) is 16.7. The first-order chi connectivity index (χ1) is 22.9. The summed E-state index contributed by atoms with van der Waals surface area (Å²) in [5, 5.41) is 0. The molecule has 0 radical (unpaired) electrons. The van der Waals surface area contributed by atoms with Gasteiger partial charge in [0.15, 0.2) is 0 Å². The van der Waals surface area contributed by atoms with Crippen molar-refractivity contribution in [2.75, 3.05) is 0 Å². The molecule has 0 aliphatic carbocycles. The number of nitrogens with zero attached hydrogens (tertiary/aromatic N) is 3. The summed E-state index contributed by atoms with van der Waals surface area (Å²) in [6.45, 7) is 21.4. The maximum Gasteiger partial charge on any atom is 0.0722 e. The summed E-state index contributed by atoms with van der Waals surface area (Å²) in [6, 6.07) is 14.7. The molecule has 8 bridgehead atoms. The Balaban J connectivity index is 0.000000578. The molecule has 1 aromatic carbocycles. The molecule has 0 unspecified atom stereocenters. The van der Waals surface area contributed by atoms with Crippen LogP contribution in [0.2, 0.25) is 0 Å². The molecule has 0 saturated carbocycles. The van der Waals surface area contributed by atoms with Crippen LogP contribution in [0, 0.1) is 6.92 Å². The van der Waals surface area contributed by atoms with E-state index in [9.17, 15) is 0 Å². The third-order valence-corrected chi connectivity index (χ3v) is 9.80. The van der Waals surface area contributed by atoms with E-state index < -0.39 is 0 Å². The van der Waals surface area contributed by atoms with Crippen LogP contribution in [-0.4, -0.2) is 19.5 Å². The largest absolute Gasteiger partial charge is 0.354 e. The molecule has 3 aromatic heterocycles. The summed E-state index contributed by atoms with van der Waals surface area (Å²) >= 11 is 0. The topological polar surface area (TPSA) is 46.5 Å². The van der Waals surface area contributed by atoms with Crippen molar-refractivity contribution in [1.82, 2.24) is 19.5 Å². The molecule has 48 heavy (non-hydrogen) atoms. The number of nitrogens with one attached hydrogen (secondary N) is 1. The van der Waals surface area contributed by atoms with Crippen molar-refractivity contribution in [3.05, 3.63) is 104 Å². The second-order valence-electron chi connectivity index (χ2n) is 12.5. The Morgan fingerprint density at radius 2 is 1.15 bits per heavy atom. The van der Waals surface area contributed by atoms with E-state index in [0.717, 1.165) is 74.3 Å². The molecule has 4 aromatic rings. The molecule has 2 aliphatic rings. The van der Waals surface area contributed by atoms with E-state index in [1.165, 1.54) is 66.6 Å². The van der Waals surface area contributed by atoms with Crippen LogP contribution in [0.15, 0.2) is 42.5 Å². The van der Waals surface area contributed by atoms with Gasteiger partial charge < -0.3 is 9.55 Å². The Bertz CT molecular complexity index is 1970. The fourth-order valence-corrected chi connectivity index (χ4v) is 7.62. The zero-order valence-electron chi connectivity index (χ0n) is 30.6. The first kappa shape index (κ1) is 37.3. The zero-order chi connectivity index (χ0) is 33.7. The summed E-state index contributed by atoms with van der Waals surface area (Å²) < 4.78 is 2.57. The fourth-order valence-electron chi connectivity index (χ4n) is 7.62. The number of fused-ring (bicyclic) bond motifs is 8. The van der Waals surface area contributed by atoms with E-state index in [1.807, 2.05) is 18.2 Å². The van der Waals surface area contributed by atoms with E-state index in [4.69, 9.17) is 9.97 Å². The van der Waals surface area contributed by atoms with Gasteiger partial charge in [0.05, 0.1) is 22.8 Å². The average molecular weight is 733 g/mol. The number of H-pyrrole nitrogens is 1. The van der Waals surface area contributed by atoms with Gasteiger partial charge in [-0.2, -0.15) is 0 Å². The Morgan fingerprint density at radius 3 is 1.65 bits per heavy atom. The van der Waals surface area contributed by atoms with Gasteiger partial charge in [-0.25, -0.2) is 9.97 Å². The molecule has 6 rings (SSSR count). The number of aryl methyl sites for hydroxylation is 8. The van der Waals surface area contributed by atoms with Crippen LogP contribution in [-0.2, 0) is 65.5 Å². The van der Waals surface area contributed by atoms with Crippen molar-refractivity contribution in [3.8, 4) is 0 Å². The molecule has 0 atom stereocenters. The number of aromatic amines is 1. The molecule has 1 N–H and O–H groups in total. The van der Waals surface area contributed by atoms with Crippen LogP contribution >= 0.6 is 0 Å². The van der Waals surface area contributed by atoms with Gasteiger partial charge in [-0.15, -0.1) is 0 Å². The van der Waals surface area contributed by atoms with Crippen LogP contribution in [0.5, 0.6) is 0 Å². The number of hydrogen-bond donors (Lipinski definition) is 1. The van der Waals surface area contributed by atoms with E-state index in [1.54, 1.807) is 0 Å². The van der Waals surface area contributed by atoms with E-state index in [2.05, 4.69) is 114 Å². The smallest absolute Gasteiger partial charge is 0.0722 e. The maximum absolute atomic E-state index is 5.22. The first-order valence-electron chi connectivity index (χ1n) is 18.1. The number of rotatable bonds is 8. The quantitative estimate of drug-likeness (QED) is 0.161. The van der Waals surface area contributed by atoms with Gasteiger partial charge in [-0.1, -0.05) is 84.4 Å². The Hall–Kier alpha value is -3.52. The normalized spacial score (nSPS) is 12.0. The standard InChI is InChI=1S/C36H46N4.C7H8.Pd/c1-9-22-19-25-20-23-17-18-24(37-23)21-32-26(10-2)29(13-5)36(40(32)16-8)31(15-7)35-28(12-4)27(11-3)34(39-35)30(14-6)33(22)38-25;1-7-5-3-2-4-6-7;/h17-21,39H,9-16H2,1-8H3;2-6H,1H3;. The number of hydrogen-bond acceptors (Lipinski definition) is 2. The van der Waals surface area contributed by atoms with E-state index in [-0.39, 0.29) is 20.4 Å². The van der Waals surface area contributed by atoms with Crippen molar-refractivity contribution in [1.29, 1.82) is 0 Å². The van der Waals surface area contributed by atoms with E-state index >= 15 is 0 Å². The predicted molar refractivity (Wildman–Crippen MR) is 205 cm³/mol. The average Bonchev–Trinajstić information content (AvgIpc) is 3.86. The fraction of sp³-hybridized carbons (Fsp3) is 0.395. The molecule has 0 amide bonds. The van der Waals surface area contributed by atoms with Crippen molar-refractivity contribution in [2.45, 2.75) is 114 Å². The Labute approximate surface area is 302 Å². The van der Waals surface area contributed by atoms with Crippen molar-refractivity contribution >= 4 is 45.9 Å². The Kier molecular flexibility index (Phi) is 13.0. The third-order valence-electron chi connectivity index (χ3n) is 9.80. The molecule has 0 saturated heterocycles. The first-order valence-corrected chi connectivity index (χ1v) is 18.1.